The first-order valence-corrected chi connectivity index (χ1v) is 9.76. The number of hydrogen-bond donors (Lipinski definition) is 3. The van der Waals surface area contributed by atoms with Crippen LogP contribution >= 0.6 is 0 Å². The average Bonchev–Trinajstić information content (AvgIpc) is 3.14. The Bertz CT molecular complexity index is 899. The van der Waals surface area contributed by atoms with Crippen LogP contribution in [0.4, 0.5) is 15.3 Å². The number of rotatable bonds is 4. The lowest BCUT2D eigenvalue weighted by Crippen LogP contribution is -2.51. The topological polar surface area (TPSA) is 117 Å². The van der Waals surface area contributed by atoms with Gasteiger partial charge < -0.3 is 15.4 Å². The summed E-state index contributed by atoms with van der Waals surface area (Å²) in [4.78, 5) is 49.5. The fourth-order valence-corrected chi connectivity index (χ4v) is 4.25. The summed E-state index contributed by atoms with van der Waals surface area (Å²) < 4.78 is 5.07. The molecule has 1 spiro atoms. The van der Waals surface area contributed by atoms with E-state index >= 15 is 0 Å². The van der Waals surface area contributed by atoms with Crippen LogP contribution in [0.1, 0.15) is 31.4 Å². The lowest BCUT2D eigenvalue weighted by atomic mass is 9.78. The van der Waals surface area contributed by atoms with E-state index < -0.39 is 17.7 Å². The first kappa shape index (κ1) is 19.2. The minimum absolute atomic E-state index is 0.0614. The second-order valence-corrected chi connectivity index (χ2v) is 8.21. The van der Waals surface area contributed by atoms with Crippen molar-refractivity contribution >= 4 is 29.6 Å². The van der Waals surface area contributed by atoms with Gasteiger partial charge in [-0.05, 0) is 42.0 Å². The predicted octanol–water partition coefficient (Wildman–Crippen LogP) is 1.17. The molecular weight excluding hydrogens is 376 g/mol. The van der Waals surface area contributed by atoms with Gasteiger partial charge in [-0.3, -0.25) is 19.8 Å². The summed E-state index contributed by atoms with van der Waals surface area (Å²) in [5, 5.41) is 7.89. The standard InChI is InChI=1S/C20H24N4O5/c1-11(2)15-10-29-19(28)24(15)9-16(25)21-14-4-3-13-8-20(6-5-12(13)7-14)17(26)22-18(27)23-20/h3-4,7,11,15H,5-6,8-10H2,1-2H3,(H,21,25)(H2,22,23,26,27). The summed E-state index contributed by atoms with van der Waals surface area (Å²) in [6.45, 7) is 4.21. The Morgan fingerprint density at radius 3 is 2.79 bits per heavy atom. The third-order valence-corrected chi connectivity index (χ3v) is 5.91. The third-order valence-electron chi connectivity index (χ3n) is 5.91. The van der Waals surface area contributed by atoms with Crippen LogP contribution in [-0.2, 0) is 27.2 Å². The number of imide groups is 1. The van der Waals surface area contributed by atoms with Gasteiger partial charge in [0.15, 0.2) is 0 Å². The number of carbonyl (C=O) groups is 4. The zero-order chi connectivity index (χ0) is 20.8. The summed E-state index contributed by atoms with van der Waals surface area (Å²) in [5.41, 5.74) is 1.76. The first-order chi connectivity index (χ1) is 13.8. The number of anilines is 1. The molecule has 1 aromatic rings. The van der Waals surface area contributed by atoms with E-state index in [1.165, 1.54) is 4.90 Å². The SMILES string of the molecule is CC(C)C1COC(=O)N1CC(=O)Nc1ccc2c(c1)CCC1(C2)NC(=O)NC1=O. The molecule has 0 aromatic heterocycles. The minimum atomic E-state index is -0.878. The van der Waals surface area contributed by atoms with E-state index in [1.807, 2.05) is 26.0 Å². The number of nitrogens with zero attached hydrogens (tertiary/aromatic N) is 1. The molecule has 0 saturated carbocycles. The van der Waals surface area contributed by atoms with Crippen molar-refractivity contribution in [3.05, 3.63) is 29.3 Å². The molecule has 3 N–H and O–H groups in total. The maximum Gasteiger partial charge on any atom is 0.410 e. The molecule has 2 heterocycles. The molecule has 0 bridgehead atoms. The summed E-state index contributed by atoms with van der Waals surface area (Å²) in [5.74, 6) is -0.384. The summed E-state index contributed by atoms with van der Waals surface area (Å²) in [6.07, 6.45) is 1.07. The highest BCUT2D eigenvalue weighted by molar-refractivity contribution is 6.07. The molecule has 29 heavy (non-hydrogen) atoms. The Hall–Kier alpha value is -3.10. The van der Waals surface area contributed by atoms with Crippen LogP contribution < -0.4 is 16.0 Å². The molecule has 5 amide bonds. The number of carbonyl (C=O) groups excluding carboxylic acids is 4. The molecule has 9 heteroatoms. The Morgan fingerprint density at radius 2 is 2.10 bits per heavy atom. The minimum Gasteiger partial charge on any atom is -0.447 e. The highest BCUT2D eigenvalue weighted by Crippen LogP contribution is 2.32. The first-order valence-electron chi connectivity index (χ1n) is 9.76. The van der Waals surface area contributed by atoms with Crippen molar-refractivity contribution in [2.75, 3.05) is 18.5 Å². The number of cyclic esters (lactones) is 1. The monoisotopic (exact) mass is 400 g/mol. The van der Waals surface area contributed by atoms with Gasteiger partial charge in [0.2, 0.25) is 5.91 Å². The fraction of sp³-hybridized carbons (Fsp3) is 0.500. The van der Waals surface area contributed by atoms with Gasteiger partial charge in [0.05, 0.1) is 6.04 Å². The number of urea groups is 1. The summed E-state index contributed by atoms with van der Waals surface area (Å²) in [6, 6.07) is 4.96. The number of aryl methyl sites for hydroxylation is 1. The number of nitrogens with one attached hydrogen (secondary N) is 3. The van der Waals surface area contributed by atoms with Gasteiger partial charge in [-0.15, -0.1) is 0 Å². The van der Waals surface area contributed by atoms with E-state index in [9.17, 15) is 19.2 Å². The molecule has 3 aliphatic rings. The quantitative estimate of drug-likeness (QED) is 0.656. The largest absolute Gasteiger partial charge is 0.447 e. The van der Waals surface area contributed by atoms with Crippen LogP contribution in [0.2, 0.25) is 0 Å². The van der Waals surface area contributed by atoms with Gasteiger partial charge in [-0.2, -0.15) is 0 Å². The predicted molar refractivity (Wildman–Crippen MR) is 103 cm³/mol. The van der Waals surface area contributed by atoms with Gasteiger partial charge in [-0.1, -0.05) is 19.9 Å². The maximum atomic E-state index is 12.5. The lowest BCUT2D eigenvalue weighted by Gasteiger charge is -2.32. The molecule has 2 fully saturated rings. The molecule has 1 aliphatic carbocycles. The van der Waals surface area contributed by atoms with E-state index in [0.717, 1.165) is 11.1 Å². The number of hydrogen-bond acceptors (Lipinski definition) is 5. The number of benzene rings is 1. The normalized spacial score (nSPS) is 25.7. The van der Waals surface area contributed by atoms with Crippen LogP contribution in [0, 0.1) is 5.92 Å². The molecule has 9 nitrogen and oxygen atoms in total. The molecule has 2 saturated heterocycles. The van der Waals surface area contributed by atoms with Crippen LogP contribution in [0.25, 0.3) is 0 Å². The van der Waals surface area contributed by atoms with E-state index in [1.54, 1.807) is 6.07 Å². The molecule has 154 valence electrons. The van der Waals surface area contributed by atoms with Crippen LogP contribution in [0.5, 0.6) is 0 Å². The zero-order valence-corrected chi connectivity index (χ0v) is 16.4. The molecule has 2 unspecified atom stereocenters. The van der Waals surface area contributed by atoms with E-state index in [0.29, 0.717) is 31.6 Å². The van der Waals surface area contributed by atoms with Crippen molar-refractivity contribution < 1.29 is 23.9 Å². The third kappa shape index (κ3) is 3.52. The number of fused-ring (bicyclic) bond motifs is 1. The molecule has 2 atom stereocenters. The van der Waals surface area contributed by atoms with Gasteiger partial charge >= 0.3 is 12.1 Å². The van der Waals surface area contributed by atoms with Crippen LogP contribution in [0.15, 0.2) is 18.2 Å². The highest BCUT2D eigenvalue weighted by Gasteiger charge is 2.47. The zero-order valence-electron chi connectivity index (χ0n) is 16.4. The van der Waals surface area contributed by atoms with E-state index in [4.69, 9.17) is 4.74 Å². The van der Waals surface area contributed by atoms with Crippen molar-refractivity contribution in [2.24, 2.45) is 5.92 Å². The second kappa shape index (κ2) is 7.06. The molecule has 0 radical (unpaired) electrons. The lowest BCUT2D eigenvalue weighted by molar-refractivity contribution is -0.124. The van der Waals surface area contributed by atoms with Crippen LogP contribution in [-0.4, -0.2) is 53.6 Å². The second-order valence-electron chi connectivity index (χ2n) is 8.21. The Morgan fingerprint density at radius 1 is 1.31 bits per heavy atom. The molecular formula is C20H24N4O5. The highest BCUT2D eigenvalue weighted by atomic mass is 16.6. The van der Waals surface area contributed by atoms with Crippen molar-refractivity contribution in [1.82, 2.24) is 15.5 Å². The van der Waals surface area contributed by atoms with Gasteiger partial charge in [0.25, 0.3) is 5.91 Å². The maximum absolute atomic E-state index is 12.5. The van der Waals surface area contributed by atoms with Gasteiger partial charge in [0, 0.05) is 12.1 Å². The number of ether oxygens (including phenoxy) is 1. The van der Waals surface area contributed by atoms with Gasteiger partial charge in [0.1, 0.15) is 18.7 Å². The fourth-order valence-electron chi connectivity index (χ4n) is 4.25. The Labute approximate surface area is 168 Å². The smallest absolute Gasteiger partial charge is 0.410 e. The van der Waals surface area contributed by atoms with Crippen LogP contribution in [0.3, 0.4) is 0 Å². The van der Waals surface area contributed by atoms with E-state index in [-0.39, 0.29) is 30.3 Å². The van der Waals surface area contributed by atoms with E-state index in [2.05, 4.69) is 16.0 Å². The van der Waals surface area contributed by atoms with Crippen molar-refractivity contribution in [3.63, 3.8) is 0 Å². The van der Waals surface area contributed by atoms with Gasteiger partial charge in [-0.25, -0.2) is 9.59 Å². The summed E-state index contributed by atoms with van der Waals surface area (Å²) in [7, 11) is 0. The molecule has 2 aliphatic heterocycles. The average molecular weight is 400 g/mol. The molecule has 4 rings (SSSR count). The van der Waals surface area contributed by atoms with Crippen molar-refractivity contribution in [3.8, 4) is 0 Å². The Balaban J connectivity index is 1.42. The molecule has 1 aromatic carbocycles. The Kier molecular flexibility index (Phi) is 4.68. The number of amides is 5. The van der Waals surface area contributed by atoms with Crippen molar-refractivity contribution in [1.29, 1.82) is 0 Å². The summed E-state index contributed by atoms with van der Waals surface area (Å²) >= 11 is 0. The van der Waals surface area contributed by atoms with Crippen molar-refractivity contribution in [2.45, 2.75) is 44.7 Å².